The van der Waals surface area contributed by atoms with Gasteiger partial charge in [0.15, 0.2) is 11.6 Å². The molecule has 0 aliphatic heterocycles. The average molecular weight is 294 g/mol. The van der Waals surface area contributed by atoms with Gasteiger partial charge in [0.05, 0.1) is 6.04 Å². The lowest BCUT2D eigenvalue weighted by molar-refractivity contribution is 0.474. The van der Waals surface area contributed by atoms with Crippen LogP contribution < -0.4 is 10.2 Å². The smallest absolute Gasteiger partial charge is 0.163 e. The van der Waals surface area contributed by atoms with Gasteiger partial charge in [-0.05, 0) is 31.3 Å². The fourth-order valence-electron chi connectivity index (χ4n) is 2.23. The van der Waals surface area contributed by atoms with Gasteiger partial charge in [0.2, 0.25) is 0 Å². The monoisotopic (exact) mass is 294 g/mol. The maximum Gasteiger partial charge on any atom is 0.163 e. The molecular formula is C16H17F3N2. The first-order valence-corrected chi connectivity index (χ1v) is 6.60. The van der Waals surface area contributed by atoms with Crippen molar-refractivity contribution >= 4 is 5.69 Å². The quantitative estimate of drug-likeness (QED) is 0.908. The Balaban J connectivity index is 2.21. The van der Waals surface area contributed by atoms with Crippen LogP contribution in [0.1, 0.15) is 11.6 Å². The van der Waals surface area contributed by atoms with Gasteiger partial charge in [0, 0.05) is 24.8 Å². The predicted molar refractivity (Wildman–Crippen MR) is 77.8 cm³/mol. The molecule has 5 heteroatoms. The van der Waals surface area contributed by atoms with Gasteiger partial charge >= 0.3 is 0 Å². The summed E-state index contributed by atoms with van der Waals surface area (Å²) in [5.74, 6) is -2.07. The van der Waals surface area contributed by atoms with E-state index in [1.165, 1.54) is 18.2 Å². The zero-order valence-electron chi connectivity index (χ0n) is 11.9. The second-order valence-corrected chi connectivity index (χ2v) is 4.84. The number of likely N-dealkylation sites (N-methyl/N-ethyl adjacent to an activating group) is 2. The molecule has 1 unspecified atom stereocenters. The second-order valence-electron chi connectivity index (χ2n) is 4.84. The highest BCUT2D eigenvalue weighted by Gasteiger charge is 2.18. The first-order chi connectivity index (χ1) is 10.0. The van der Waals surface area contributed by atoms with E-state index in [1.54, 1.807) is 37.2 Å². The maximum atomic E-state index is 13.9. The SMILES string of the molecule is CNC(CN(C)c1cccc(F)c1)c1cccc(F)c1F. The van der Waals surface area contributed by atoms with E-state index in [9.17, 15) is 13.2 Å². The Morgan fingerprint density at radius 2 is 1.81 bits per heavy atom. The molecule has 0 amide bonds. The van der Waals surface area contributed by atoms with Crippen molar-refractivity contribution in [2.75, 3.05) is 25.5 Å². The zero-order chi connectivity index (χ0) is 15.4. The molecule has 2 aromatic carbocycles. The van der Waals surface area contributed by atoms with Crippen LogP contribution in [0.5, 0.6) is 0 Å². The summed E-state index contributed by atoms with van der Waals surface area (Å²) >= 11 is 0. The minimum atomic E-state index is -0.874. The van der Waals surface area contributed by atoms with Gasteiger partial charge in [0.1, 0.15) is 5.82 Å². The summed E-state index contributed by atoms with van der Waals surface area (Å²) in [4.78, 5) is 1.79. The van der Waals surface area contributed by atoms with Crippen molar-refractivity contribution in [1.29, 1.82) is 0 Å². The third kappa shape index (κ3) is 3.55. The molecule has 0 aliphatic carbocycles. The van der Waals surface area contributed by atoms with Crippen molar-refractivity contribution < 1.29 is 13.2 Å². The summed E-state index contributed by atoms with van der Waals surface area (Å²) in [6, 6.07) is 9.82. The summed E-state index contributed by atoms with van der Waals surface area (Å²) < 4.78 is 40.4. The lowest BCUT2D eigenvalue weighted by Gasteiger charge is -2.26. The molecule has 0 aliphatic rings. The van der Waals surface area contributed by atoms with Crippen LogP contribution >= 0.6 is 0 Å². The Bertz CT molecular complexity index is 616. The van der Waals surface area contributed by atoms with Gasteiger partial charge in [-0.2, -0.15) is 0 Å². The summed E-state index contributed by atoms with van der Waals surface area (Å²) in [5, 5.41) is 2.96. The van der Waals surface area contributed by atoms with E-state index < -0.39 is 17.7 Å². The lowest BCUT2D eigenvalue weighted by atomic mass is 10.1. The number of rotatable bonds is 5. The Hall–Kier alpha value is -2.01. The minimum Gasteiger partial charge on any atom is -0.373 e. The summed E-state index contributed by atoms with van der Waals surface area (Å²) in [6.07, 6.45) is 0. The van der Waals surface area contributed by atoms with E-state index in [0.717, 1.165) is 6.07 Å². The number of hydrogen-bond acceptors (Lipinski definition) is 2. The van der Waals surface area contributed by atoms with Crippen molar-refractivity contribution in [2.24, 2.45) is 0 Å². The van der Waals surface area contributed by atoms with E-state index in [1.807, 2.05) is 0 Å². The summed E-state index contributed by atoms with van der Waals surface area (Å²) in [7, 11) is 3.45. The first kappa shape index (κ1) is 15.4. The van der Waals surface area contributed by atoms with Gasteiger partial charge in [-0.1, -0.05) is 18.2 Å². The van der Waals surface area contributed by atoms with Crippen LogP contribution in [-0.4, -0.2) is 20.6 Å². The molecule has 1 N–H and O–H groups in total. The predicted octanol–water partition coefficient (Wildman–Crippen LogP) is 3.50. The number of anilines is 1. The lowest BCUT2D eigenvalue weighted by Crippen LogP contribution is -2.32. The highest BCUT2D eigenvalue weighted by molar-refractivity contribution is 5.46. The van der Waals surface area contributed by atoms with Crippen LogP contribution in [0.2, 0.25) is 0 Å². The first-order valence-electron chi connectivity index (χ1n) is 6.60. The fraction of sp³-hybridized carbons (Fsp3) is 0.250. The number of benzene rings is 2. The molecule has 0 saturated carbocycles. The van der Waals surface area contributed by atoms with Gasteiger partial charge in [0.25, 0.3) is 0 Å². The van der Waals surface area contributed by atoms with Gasteiger partial charge in [-0.15, -0.1) is 0 Å². The molecule has 0 saturated heterocycles. The minimum absolute atomic E-state index is 0.251. The molecule has 2 rings (SSSR count). The topological polar surface area (TPSA) is 15.3 Å². The van der Waals surface area contributed by atoms with Gasteiger partial charge in [-0.25, -0.2) is 13.2 Å². The highest BCUT2D eigenvalue weighted by atomic mass is 19.2. The largest absolute Gasteiger partial charge is 0.373 e. The summed E-state index contributed by atoms with van der Waals surface area (Å²) in [6.45, 7) is 0.375. The van der Waals surface area contributed by atoms with Crippen LogP contribution in [0.3, 0.4) is 0 Å². The van der Waals surface area contributed by atoms with Crippen molar-refractivity contribution in [2.45, 2.75) is 6.04 Å². The fourth-order valence-corrected chi connectivity index (χ4v) is 2.23. The molecular weight excluding hydrogens is 277 g/mol. The van der Waals surface area contributed by atoms with Crippen LogP contribution in [0.15, 0.2) is 42.5 Å². The third-order valence-corrected chi connectivity index (χ3v) is 3.41. The number of hydrogen-bond donors (Lipinski definition) is 1. The standard InChI is InChI=1S/C16H17F3N2/c1-20-15(13-7-4-8-14(18)16(13)19)10-21(2)12-6-3-5-11(17)9-12/h3-9,15,20H,10H2,1-2H3. The van der Waals surface area contributed by atoms with Crippen LogP contribution in [0, 0.1) is 17.5 Å². The number of halogens is 3. The molecule has 0 aromatic heterocycles. The van der Waals surface area contributed by atoms with Crippen molar-refractivity contribution in [3.05, 3.63) is 65.5 Å². The van der Waals surface area contributed by atoms with Gasteiger partial charge < -0.3 is 10.2 Å². The molecule has 21 heavy (non-hydrogen) atoms. The highest BCUT2D eigenvalue weighted by Crippen LogP contribution is 2.22. The molecule has 1 atom stereocenters. The van der Waals surface area contributed by atoms with Crippen molar-refractivity contribution in [1.82, 2.24) is 5.32 Å². The molecule has 0 bridgehead atoms. The normalized spacial score (nSPS) is 12.2. The van der Waals surface area contributed by atoms with E-state index in [0.29, 0.717) is 12.2 Å². The van der Waals surface area contributed by atoms with Crippen LogP contribution in [0.25, 0.3) is 0 Å². The molecule has 0 radical (unpaired) electrons. The van der Waals surface area contributed by atoms with Gasteiger partial charge in [-0.3, -0.25) is 0 Å². The Labute approximate surface area is 122 Å². The summed E-state index contributed by atoms with van der Waals surface area (Å²) in [5.41, 5.74) is 0.924. The van der Waals surface area contributed by atoms with Crippen molar-refractivity contribution in [3.8, 4) is 0 Å². The Morgan fingerprint density at radius 3 is 2.48 bits per heavy atom. The molecule has 2 aromatic rings. The number of nitrogens with one attached hydrogen (secondary N) is 1. The average Bonchev–Trinajstić information content (AvgIpc) is 2.48. The second kappa shape index (κ2) is 6.63. The third-order valence-electron chi connectivity index (χ3n) is 3.41. The maximum absolute atomic E-state index is 13.9. The molecule has 0 fully saturated rings. The molecule has 0 spiro atoms. The Kier molecular flexibility index (Phi) is 4.85. The van der Waals surface area contributed by atoms with Crippen molar-refractivity contribution in [3.63, 3.8) is 0 Å². The Morgan fingerprint density at radius 1 is 1.10 bits per heavy atom. The van der Waals surface area contributed by atoms with E-state index in [-0.39, 0.29) is 11.4 Å². The zero-order valence-corrected chi connectivity index (χ0v) is 11.9. The van der Waals surface area contributed by atoms with Crippen LogP contribution in [0.4, 0.5) is 18.9 Å². The van der Waals surface area contributed by atoms with E-state index in [4.69, 9.17) is 0 Å². The molecule has 2 nitrogen and oxygen atoms in total. The number of nitrogens with zero attached hydrogens (tertiary/aromatic N) is 1. The van der Waals surface area contributed by atoms with E-state index >= 15 is 0 Å². The van der Waals surface area contributed by atoms with E-state index in [2.05, 4.69) is 5.32 Å². The molecule has 112 valence electrons. The van der Waals surface area contributed by atoms with Crippen LogP contribution in [-0.2, 0) is 0 Å². The molecule has 0 heterocycles.